The van der Waals surface area contributed by atoms with Crippen molar-refractivity contribution < 1.29 is 13.2 Å². The van der Waals surface area contributed by atoms with Crippen molar-refractivity contribution in [2.45, 2.75) is 44.0 Å². The van der Waals surface area contributed by atoms with E-state index in [-0.39, 0.29) is 10.8 Å². The van der Waals surface area contributed by atoms with Gasteiger partial charge in [0.25, 0.3) is 5.91 Å². The number of rotatable bonds is 7. The molecular weight excluding hydrogens is 364 g/mol. The van der Waals surface area contributed by atoms with Crippen LogP contribution in [0.15, 0.2) is 41.8 Å². The Morgan fingerprint density at radius 1 is 1.22 bits per heavy atom. The predicted octanol–water partition coefficient (Wildman–Crippen LogP) is 2.19. The SMILES string of the molecule is Cc1ccc(S(=O)(=O)NCCCn2ccnc2)cc1C(=O)N1CCCCC1. The quantitative estimate of drug-likeness (QED) is 0.735. The van der Waals surface area contributed by atoms with Gasteiger partial charge in [-0.15, -0.1) is 0 Å². The van der Waals surface area contributed by atoms with Gasteiger partial charge in [-0.2, -0.15) is 0 Å². The summed E-state index contributed by atoms with van der Waals surface area (Å²) >= 11 is 0. The smallest absolute Gasteiger partial charge is 0.254 e. The Bertz CT molecular complexity index is 872. The molecule has 1 N–H and O–H groups in total. The van der Waals surface area contributed by atoms with Crippen molar-refractivity contribution >= 4 is 15.9 Å². The molecule has 1 amide bonds. The summed E-state index contributed by atoms with van der Waals surface area (Å²) in [6.07, 6.45) is 9.03. The first-order chi connectivity index (χ1) is 13.0. The maximum atomic E-state index is 12.8. The lowest BCUT2D eigenvalue weighted by molar-refractivity contribution is 0.0723. The third-order valence-electron chi connectivity index (χ3n) is 4.84. The fourth-order valence-corrected chi connectivity index (χ4v) is 4.34. The van der Waals surface area contributed by atoms with Crippen LogP contribution >= 0.6 is 0 Å². The van der Waals surface area contributed by atoms with Gasteiger partial charge >= 0.3 is 0 Å². The standard InChI is InChI=1S/C19H26N4O3S/c1-16-6-7-17(14-18(16)19(24)23-11-3-2-4-12-23)27(25,26)21-8-5-10-22-13-9-20-15-22/h6-7,9,13-15,21H,2-5,8,10-12H2,1H3. The number of piperidine rings is 1. The van der Waals surface area contributed by atoms with Gasteiger partial charge in [0.2, 0.25) is 10.0 Å². The maximum absolute atomic E-state index is 12.8. The van der Waals surface area contributed by atoms with Crippen LogP contribution in [0, 0.1) is 6.92 Å². The zero-order valence-corrected chi connectivity index (χ0v) is 16.4. The van der Waals surface area contributed by atoms with Crippen molar-refractivity contribution in [1.82, 2.24) is 19.2 Å². The van der Waals surface area contributed by atoms with Crippen LogP contribution < -0.4 is 4.72 Å². The van der Waals surface area contributed by atoms with E-state index >= 15 is 0 Å². The summed E-state index contributed by atoms with van der Waals surface area (Å²) in [6, 6.07) is 4.77. The number of nitrogens with zero attached hydrogens (tertiary/aromatic N) is 3. The normalized spacial score (nSPS) is 15.1. The molecule has 27 heavy (non-hydrogen) atoms. The molecule has 0 saturated carbocycles. The highest BCUT2D eigenvalue weighted by atomic mass is 32.2. The molecule has 1 aromatic heterocycles. The Balaban J connectivity index is 1.66. The number of likely N-dealkylation sites (tertiary alicyclic amines) is 1. The lowest BCUT2D eigenvalue weighted by Crippen LogP contribution is -2.36. The molecule has 7 nitrogen and oxygen atoms in total. The largest absolute Gasteiger partial charge is 0.339 e. The first-order valence-corrected chi connectivity index (χ1v) is 10.8. The van der Waals surface area contributed by atoms with E-state index in [9.17, 15) is 13.2 Å². The molecule has 0 atom stereocenters. The number of aryl methyl sites for hydroxylation is 2. The molecule has 1 fully saturated rings. The molecule has 3 rings (SSSR count). The van der Waals surface area contributed by atoms with E-state index < -0.39 is 10.0 Å². The Labute approximate surface area is 160 Å². The molecule has 1 aliphatic rings. The molecule has 1 aromatic carbocycles. The molecule has 0 bridgehead atoms. The molecule has 0 radical (unpaired) electrons. The van der Waals surface area contributed by atoms with E-state index in [1.54, 1.807) is 24.7 Å². The van der Waals surface area contributed by atoms with Crippen molar-refractivity contribution in [2.24, 2.45) is 0 Å². The van der Waals surface area contributed by atoms with Crippen molar-refractivity contribution in [3.8, 4) is 0 Å². The summed E-state index contributed by atoms with van der Waals surface area (Å²) in [4.78, 5) is 18.7. The average Bonchev–Trinajstić information content (AvgIpc) is 3.19. The minimum atomic E-state index is -3.65. The zero-order chi connectivity index (χ0) is 19.3. The van der Waals surface area contributed by atoms with E-state index in [0.717, 1.165) is 37.9 Å². The van der Waals surface area contributed by atoms with Crippen LogP contribution in [0.2, 0.25) is 0 Å². The number of hydrogen-bond donors (Lipinski definition) is 1. The number of aromatic nitrogens is 2. The van der Waals surface area contributed by atoms with Crippen molar-refractivity contribution in [1.29, 1.82) is 0 Å². The van der Waals surface area contributed by atoms with Crippen molar-refractivity contribution in [3.63, 3.8) is 0 Å². The molecule has 1 aliphatic heterocycles. The number of nitrogens with one attached hydrogen (secondary N) is 1. The fourth-order valence-electron chi connectivity index (χ4n) is 3.24. The number of sulfonamides is 1. The maximum Gasteiger partial charge on any atom is 0.254 e. The molecule has 1 saturated heterocycles. The Morgan fingerprint density at radius 2 is 2.00 bits per heavy atom. The van der Waals surface area contributed by atoms with E-state index in [1.807, 2.05) is 22.6 Å². The average molecular weight is 391 g/mol. The van der Waals surface area contributed by atoms with Gasteiger partial charge in [-0.3, -0.25) is 4.79 Å². The van der Waals surface area contributed by atoms with Crippen molar-refractivity contribution in [2.75, 3.05) is 19.6 Å². The van der Waals surface area contributed by atoms with Gasteiger partial charge in [0.1, 0.15) is 0 Å². The molecule has 2 heterocycles. The second-order valence-corrected chi connectivity index (χ2v) is 8.65. The highest BCUT2D eigenvalue weighted by molar-refractivity contribution is 7.89. The summed E-state index contributed by atoms with van der Waals surface area (Å²) in [5.41, 5.74) is 1.27. The van der Waals surface area contributed by atoms with Gasteiger partial charge in [-0.25, -0.2) is 18.1 Å². The first kappa shape index (κ1) is 19.6. The van der Waals surface area contributed by atoms with Crippen LogP contribution in [0.4, 0.5) is 0 Å². The highest BCUT2D eigenvalue weighted by Gasteiger charge is 2.22. The number of hydrogen-bond acceptors (Lipinski definition) is 4. The molecule has 0 unspecified atom stereocenters. The van der Waals surface area contributed by atoms with Crippen molar-refractivity contribution in [3.05, 3.63) is 48.0 Å². The summed E-state index contributed by atoms with van der Waals surface area (Å²) in [5.74, 6) is -0.0793. The van der Waals surface area contributed by atoms with Crippen LogP contribution in [0.1, 0.15) is 41.6 Å². The Hall–Kier alpha value is -2.19. The highest BCUT2D eigenvalue weighted by Crippen LogP contribution is 2.19. The number of carbonyl (C=O) groups excluding carboxylic acids is 1. The van der Waals surface area contributed by atoms with Gasteiger partial charge in [0.15, 0.2) is 0 Å². The molecule has 0 aliphatic carbocycles. The van der Waals surface area contributed by atoms with Crippen LogP contribution in [0.25, 0.3) is 0 Å². The second-order valence-electron chi connectivity index (χ2n) is 6.88. The molecular formula is C19H26N4O3S. The molecule has 146 valence electrons. The van der Waals surface area contributed by atoms with Gasteiger partial charge < -0.3 is 9.47 Å². The molecule has 8 heteroatoms. The van der Waals surface area contributed by atoms with E-state index in [0.29, 0.717) is 25.1 Å². The number of imidazole rings is 1. The van der Waals surface area contributed by atoms with Crippen LogP contribution in [0.5, 0.6) is 0 Å². The minimum Gasteiger partial charge on any atom is -0.339 e. The summed E-state index contributed by atoms with van der Waals surface area (Å²) in [6.45, 7) is 4.33. The summed E-state index contributed by atoms with van der Waals surface area (Å²) in [5, 5.41) is 0. The van der Waals surface area contributed by atoms with Crippen LogP contribution in [0.3, 0.4) is 0 Å². The van der Waals surface area contributed by atoms with Gasteiger partial charge in [0.05, 0.1) is 11.2 Å². The van der Waals surface area contributed by atoms with Gasteiger partial charge in [-0.1, -0.05) is 6.07 Å². The Morgan fingerprint density at radius 3 is 2.70 bits per heavy atom. The van der Waals surface area contributed by atoms with Gasteiger partial charge in [-0.05, 0) is 50.3 Å². The van der Waals surface area contributed by atoms with Crippen LogP contribution in [-0.2, 0) is 16.6 Å². The predicted molar refractivity (Wildman–Crippen MR) is 103 cm³/mol. The third-order valence-corrected chi connectivity index (χ3v) is 6.30. The number of amides is 1. The lowest BCUT2D eigenvalue weighted by atomic mass is 10.1. The van der Waals surface area contributed by atoms with E-state index in [2.05, 4.69) is 9.71 Å². The number of carbonyl (C=O) groups is 1. The summed E-state index contributed by atoms with van der Waals surface area (Å²) in [7, 11) is -3.65. The first-order valence-electron chi connectivity index (χ1n) is 9.33. The third kappa shape index (κ3) is 4.95. The zero-order valence-electron chi connectivity index (χ0n) is 15.6. The second kappa shape index (κ2) is 8.67. The topological polar surface area (TPSA) is 84.3 Å². The summed E-state index contributed by atoms with van der Waals surface area (Å²) < 4.78 is 29.7. The lowest BCUT2D eigenvalue weighted by Gasteiger charge is -2.27. The van der Waals surface area contributed by atoms with Crippen LogP contribution in [-0.4, -0.2) is 48.4 Å². The molecule has 0 spiro atoms. The van der Waals surface area contributed by atoms with E-state index in [1.165, 1.54) is 6.07 Å². The van der Waals surface area contributed by atoms with E-state index in [4.69, 9.17) is 0 Å². The number of benzene rings is 1. The Kier molecular flexibility index (Phi) is 6.28. The monoisotopic (exact) mass is 390 g/mol. The molecule has 2 aromatic rings. The minimum absolute atomic E-state index is 0.0793. The fraction of sp³-hybridized carbons (Fsp3) is 0.474. The van der Waals surface area contributed by atoms with Gasteiger partial charge in [0, 0.05) is 44.1 Å².